The first-order chi connectivity index (χ1) is 16.0. The van der Waals surface area contributed by atoms with E-state index in [4.69, 9.17) is 9.72 Å². The highest BCUT2D eigenvalue weighted by Crippen LogP contribution is 2.34. The van der Waals surface area contributed by atoms with Gasteiger partial charge in [0.1, 0.15) is 10.6 Å². The van der Waals surface area contributed by atoms with Gasteiger partial charge in [-0.2, -0.15) is 4.31 Å². The lowest BCUT2D eigenvalue weighted by Gasteiger charge is -2.32. The van der Waals surface area contributed by atoms with E-state index in [1.54, 1.807) is 23.5 Å². The summed E-state index contributed by atoms with van der Waals surface area (Å²) in [6, 6.07) is 12.8. The Labute approximate surface area is 198 Å². The largest absolute Gasteiger partial charge is 0.495 e. The van der Waals surface area contributed by atoms with E-state index in [9.17, 15) is 13.2 Å². The fraction of sp³-hybridized carbons (Fsp3) is 0.417. The summed E-state index contributed by atoms with van der Waals surface area (Å²) in [5.74, 6) is 0.303. The van der Waals surface area contributed by atoms with Gasteiger partial charge in [0.05, 0.1) is 22.3 Å². The fourth-order valence-corrected chi connectivity index (χ4v) is 7.48. The van der Waals surface area contributed by atoms with E-state index in [0.29, 0.717) is 31.7 Å². The van der Waals surface area contributed by atoms with Crippen molar-refractivity contribution in [2.45, 2.75) is 36.5 Å². The molecule has 3 heterocycles. The SMILES string of the molecule is COc1ccc(C(=O)N2CCC[C@@H](c3nc4ccccc4s3)C2)cc1S(=O)(=O)N1CCCC1. The van der Waals surface area contributed by atoms with Crippen molar-refractivity contribution in [1.29, 1.82) is 0 Å². The smallest absolute Gasteiger partial charge is 0.253 e. The molecule has 9 heteroatoms. The standard InChI is InChI=1S/C24H27N3O4S2/c1-31-20-11-10-17(15-22(20)33(29,30)27-13-4-5-14-27)24(28)26-12-6-7-18(16-26)23-25-19-8-2-3-9-21(19)32-23/h2-3,8-11,15,18H,4-7,12-14,16H2,1H3/t18-/m1/s1. The van der Waals surface area contributed by atoms with Crippen molar-refractivity contribution in [3.05, 3.63) is 53.0 Å². The Morgan fingerprint density at radius 1 is 1.09 bits per heavy atom. The number of piperidine rings is 1. The van der Waals surface area contributed by atoms with Crippen molar-refractivity contribution in [1.82, 2.24) is 14.2 Å². The third-order valence-electron chi connectivity index (χ3n) is 6.46. The number of hydrogen-bond acceptors (Lipinski definition) is 6. The maximum atomic E-state index is 13.4. The van der Waals surface area contributed by atoms with E-state index >= 15 is 0 Å². The predicted octanol–water partition coefficient (Wildman–Crippen LogP) is 4.11. The van der Waals surface area contributed by atoms with E-state index in [1.165, 1.54) is 17.5 Å². The Morgan fingerprint density at radius 3 is 2.64 bits per heavy atom. The van der Waals surface area contributed by atoms with E-state index in [-0.39, 0.29) is 22.5 Å². The number of nitrogens with zero attached hydrogens (tertiary/aromatic N) is 3. The second kappa shape index (κ2) is 9.04. The summed E-state index contributed by atoms with van der Waals surface area (Å²) in [6.45, 7) is 2.23. The number of fused-ring (bicyclic) bond motifs is 1. The molecule has 0 aliphatic carbocycles. The van der Waals surface area contributed by atoms with Gasteiger partial charge in [0.15, 0.2) is 0 Å². The number of hydrogen-bond donors (Lipinski definition) is 0. The number of thiazole rings is 1. The Kier molecular flexibility index (Phi) is 6.11. The summed E-state index contributed by atoms with van der Waals surface area (Å²) in [5, 5.41) is 1.06. The summed E-state index contributed by atoms with van der Waals surface area (Å²) in [6.07, 6.45) is 3.57. The van der Waals surface area contributed by atoms with Gasteiger partial charge in [-0.05, 0) is 56.0 Å². The van der Waals surface area contributed by atoms with E-state index in [0.717, 1.165) is 40.9 Å². The fourth-order valence-electron chi connectivity index (χ4n) is 4.69. The van der Waals surface area contributed by atoms with E-state index in [1.807, 2.05) is 23.1 Å². The Morgan fingerprint density at radius 2 is 1.88 bits per heavy atom. The molecule has 33 heavy (non-hydrogen) atoms. The van der Waals surface area contributed by atoms with Crippen LogP contribution in [0, 0.1) is 0 Å². The monoisotopic (exact) mass is 485 g/mol. The number of carbonyl (C=O) groups is 1. The predicted molar refractivity (Wildman–Crippen MR) is 128 cm³/mol. The molecule has 0 spiro atoms. The van der Waals surface area contributed by atoms with Crippen LogP contribution in [-0.2, 0) is 10.0 Å². The molecule has 0 unspecified atom stereocenters. The molecular formula is C24H27N3O4S2. The minimum Gasteiger partial charge on any atom is -0.495 e. The van der Waals surface area contributed by atoms with Gasteiger partial charge in [0, 0.05) is 37.7 Å². The van der Waals surface area contributed by atoms with Crippen LogP contribution in [0.25, 0.3) is 10.2 Å². The number of para-hydroxylation sites is 1. The topological polar surface area (TPSA) is 79.8 Å². The number of sulfonamides is 1. The Bertz CT molecular complexity index is 1250. The third-order valence-corrected chi connectivity index (χ3v) is 9.58. The number of methoxy groups -OCH3 is 1. The van der Waals surface area contributed by atoms with Gasteiger partial charge < -0.3 is 9.64 Å². The van der Waals surface area contributed by atoms with Gasteiger partial charge >= 0.3 is 0 Å². The van der Waals surface area contributed by atoms with Gasteiger partial charge in [-0.3, -0.25) is 4.79 Å². The highest BCUT2D eigenvalue weighted by atomic mass is 32.2. The molecule has 0 radical (unpaired) electrons. The van der Waals surface area contributed by atoms with E-state index < -0.39 is 10.0 Å². The minimum absolute atomic E-state index is 0.0671. The lowest BCUT2D eigenvalue weighted by molar-refractivity contribution is 0.0707. The molecule has 174 valence electrons. The lowest BCUT2D eigenvalue weighted by atomic mass is 9.98. The number of aromatic nitrogens is 1. The van der Waals surface area contributed by atoms with Crippen LogP contribution in [0.15, 0.2) is 47.4 Å². The molecule has 1 aromatic heterocycles. The van der Waals surface area contributed by atoms with Crippen molar-refractivity contribution in [2.75, 3.05) is 33.3 Å². The summed E-state index contributed by atoms with van der Waals surface area (Å²) in [7, 11) is -2.26. The van der Waals surface area contributed by atoms with Crippen LogP contribution in [-0.4, -0.2) is 61.8 Å². The zero-order valence-electron chi connectivity index (χ0n) is 18.6. The first-order valence-corrected chi connectivity index (χ1v) is 13.6. The first kappa shape index (κ1) is 22.3. The summed E-state index contributed by atoms with van der Waals surface area (Å²) in [5.41, 5.74) is 1.37. The molecule has 0 bridgehead atoms. The summed E-state index contributed by atoms with van der Waals surface area (Å²) >= 11 is 1.69. The third kappa shape index (κ3) is 4.25. The highest BCUT2D eigenvalue weighted by molar-refractivity contribution is 7.89. The molecule has 2 fully saturated rings. The van der Waals surface area contributed by atoms with Crippen molar-refractivity contribution in [2.24, 2.45) is 0 Å². The number of ether oxygens (including phenoxy) is 1. The van der Waals surface area contributed by atoms with Crippen LogP contribution in [0.1, 0.15) is 47.0 Å². The van der Waals surface area contributed by atoms with Crippen molar-refractivity contribution in [3.8, 4) is 5.75 Å². The van der Waals surface area contributed by atoms with Crippen molar-refractivity contribution < 1.29 is 17.9 Å². The molecule has 0 N–H and O–H groups in total. The zero-order valence-corrected chi connectivity index (χ0v) is 20.2. The minimum atomic E-state index is -3.71. The molecule has 2 aliphatic heterocycles. The van der Waals surface area contributed by atoms with Crippen molar-refractivity contribution in [3.63, 3.8) is 0 Å². The number of amides is 1. The number of benzene rings is 2. The van der Waals surface area contributed by atoms with Crippen LogP contribution in [0.5, 0.6) is 5.75 Å². The highest BCUT2D eigenvalue weighted by Gasteiger charge is 2.32. The summed E-state index contributed by atoms with van der Waals surface area (Å²) in [4.78, 5) is 20.1. The van der Waals surface area contributed by atoms with Crippen LogP contribution >= 0.6 is 11.3 Å². The molecule has 2 aliphatic rings. The molecule has 0 saturated carbocycles. The molecule has 2 aromatic carbocycles. The lowest BCUT2D eigenvalue weighted by Crippen LogP contribution is -2.39. The molecule has 1 atom stereocenters. The zero-order chi connectivity index (χ0) is 23.0. The first-order valence-electron chi connectivity index (χ1n) is 11.3. The second-order valence-electron chi connectivity index (χ2n) is 8.59. The maximum Gasteiger partial charge on any atom is 0.253 e. The van der Waals surface area contributed by atoms with Crippen molar-refractivity contribution >= 4 is 37.5 Å². The van der Waals surface area contributed by atoms with Gasteiger partial charge in [0.2, 0.25) is 10.0 Å². The van der Waals surface area contributed by atoms with Gasteiger partial charge in [-0.15, -0.1) is 11.3 Å². The Hall–Kier alpha value is -2.49. The van der Waals surface area contributed by atoms with Gasteiger partial charge in [0.25, 0.3) is 5.91 Å². The molecule has 5 rings (SSSR count). The number of rotatable bonds is 5. The van der Waals surface area contributed by atoms with Gasteiger partial charge in [-0.25, -0.2) is 13.4 Å². The molecule has 2 saturated heterocycles. The maximum absolute atomic E-state index is 13.4. The molecular weight excluding hydrogens is 458 g/mol. The normalized spacial score (nSPS) is 19.8. The number of likely N-dealkylation sites (tertiary alicyclic amines) is 1. The quantitative estimate of drug-likeness (QED) is 0.543. The van der Waals surface area contributed by atoms with Crippen LogP contribution in [0.2, 0.25) is 0 Å². The summed E-state index contributed by atoms with van der Waals surface area (Å²) < 4.78 is 34.4. The number of carbonyl (C=O) groups excluding carboxylic acids is 1. The van der Waals surface area contributed by atoms with Crippen LogP contribution in [0.4, 0.5) is 0 Å². The van der Waals surface area contributed by atoms with Crippen LogP contribution < -0.4 is 4.74 Å². The Balaban J connectivity index is 1.40. The second-order valence-corrected chi connectivity index (χ2v) is 11.6. The molecule has 1 amide bonds. The average molecular weight is 486 g/mol. The van der Waals surface area contributed by atoms with E-state index in [2.05, 4.69) is 6.07 Å². The average Bonchev–Trinajstić information content (AvgIpc) is 3.54. The molecule has 7 nitrogen and oxygen atoms in total. The molecule has 3 aromatic rings. The van der Waals surface area contributed by atoms with Gasteiger partial charge in [-0.1, -0.05) is 12.1 Å². The van der Waals surface area contributed by atoms with Crippen LogP contribution in [0.3, 0.4) is 0 Å².